The van der Waals surface area contributed by atoms with Crippen molar-refractivity contribution < 1.29 is 44.3 Å². The van der Waals surface area contributed by atoms with E-state index in [1.54, 1.807) is 0 Å². The SMILES string of the molecule is O=CC1CC(C[C@H]2CN(S(=O)(=O)c3cccc(C(F)(F)F)c3)c3cc(-c4cccc(C(F)(F)F)n4)ccc3O2)C1. The number of fused-ring (bicyclic) bond motifs is 1. The van der Waals surface area contributed by atoms with Gasteiger partial charge in [0.2, 0.25) is 0 Å². The van der Waals surface area contributed by atoms with Crippen LogP contribution in [-0.4, -0.2) is 32.3 Å². The zero-order valence-corrected chi connectivity index (χ0v) is 21.4. The third kappa shape index (κ3) is 5.51. The lowest BCUT2D eigenvalue weighted by Gasteiger charge is -2.39. The van der Waals surface area contributed by atoms with E-state index in [1.165, 1.54) is 30.3 Å². The Hall–Kier alpha value is -3.61. The number of carbonyl (C=O) groups excluding carboxylic acids is 1. The maximum Gasteiger partial charge on any atom is 0.433 e. The number of sulfonamides is 1. The number of ether oxygens (including phenoxy) is 1. The van der Waals surface area contributed by atoms with Gasteiger partial charge in [0.15, 0.2) is 0 Å². The quantitative estimate of drug-likeness (QED) is 0.249. The number of alkyl halides is 6. The van der Waals surface area contributed by atoms with Crippen LogP contribution in [0.3, 0.4) is 0 Å². The van der Waals surface area contributed by atoms with Crippen molar-refractivity contribution in [3.8, 4) is 17.0 Å². The zero-order chi connectivity index (χ0) is 28.9. The van der Waals surface area contributed by atoms with Crippen molar-refractivity contribution in [2.75, 3.05) is 10.8 Å². The highest BCUT2D eigenvalue weighted by Crippen LogP contribution is 2.43. The van der Waals surface area contributed by atoms with E-state index >= 15 is 0 Å². The number of anilines is 1. The summed E-state index contributed by atoms with van der Waals surface area (Å²) >= 11 is 0. The predicted molar refractivity (Wildman–Crippen MR) is 132 cm³/mol. The average molecular weight is 585 g/mol. The molecule has 0 saturated heterocycles. The number of benzene rings is 2. The molecule has 40 heavy (non-hydrogen) atoms. The van der Waals surface area contributed by atoms with Gasteiger partial charge in [-0.3, -0.25) is 4.31 Å². The summed E-state index contributed by atoms with van der Waals surface area (Å²) in [6.07, 6.45) is -7.63. The monoisotopic (exact) mass is 584 g/mol. The molecule has 1 aromatic heterocycles. The molecule has 5 rings (SSSR count). The molecule has 1 aliphatic heterocycles. The first-order valence-electron chi connectivity index (χ1n) is 12.3. The van der Waals surface area contributed by atoms with Gasteiger partial charge >= 0.3 is 12.4 Å². The molecular weight excluding hydrogens is 562 g/mol. The Balaban J connectivity index is 1.56. The van der Waals surface area contributed by atoms with Gasteiger partial charge in [-0.15, -0.1) is 0 Å². The summed E-state index contributed by atoms with van der Waals surface area (Å²) in [4.78, 5) is 14.0. The Morgan fingerprint density at radius 1 is 0.950 bits per heavy atom. The third-order valence-corrected chi connectivity index (χ3v) is 8.81. The first kappa shape index (κ1) is 27.9. The summed E-state index contributed by atoms with van der Waals surface area (Å²) in [5, 5.41) is 0. The summed E-state index contributed by atoms with van der Waals surface area (Å²) in [6, 6.07) is 10.8. The number of hydrogen-bond acceptors (Lipinski definition) is 5. The largest absolute Gasteiger partial charge is 0.486 e. The summed E-state index contributed by atoms with van der Waals surface area (Å²) in [5.41, 5.74) is -2.24. The normalized spacial score (nSPS) is 21.2. The molecule has 1 saturated carbocycles. The Morgan fingerprint density at radius 2 is 1.68 bits per heavy atom. The van der Waals surface area contributed by atoms with Crippen LogP contribution in [-0.2, 0) is 27.2 Å². The Morgan fingerprint density at radius 3 is 2.35 bits per heavy atom. The molecule has 3 aromatic rings. The van der Waals surface area contributed by atoms with Gasteiger partial charge in [-0.25, -0.2) is 13.4 Å². The number of pyridine rings is 1. The van der Waals surface area contributed by atoms with E-state index in [4.69, 9.17) is 4.74 Å². The van der Waals surface area contributed by atoms with Gasteiger partial charge in [0.1, 0.15) is 23.8 Å². The minimum Gasteiger partial charge on any atom is -0.486 e. The lowest BCUT2D eigenvalue weighted by molar-refractivity contribution is -0.141. The molecule has 6 nitrogen and oxygen atoms in total. The molecule has 2 heterocycles. The first-order valence-corrected chi connectivity index (χ1v) is 13.7. The van der Waals surface area contributed by atoms with Crippen LogP contribution < -0.4 is 9.04 Å². The van der Waals surface area contributed by atoms with Crippen LogP contribution in [0.4, 0.5) is 32.0 Å². The van der Waals surface area contributed by atoms with Crippen LogP contribution in [0.25, 0.3) is 11.3 Å². The number of nitrogens with zero attached hydrogens (tertiary/aromatic N) is 2. The summed E-state index contributed by atoms with van der Waals surface area (Å²) < 4.78 is 114. The molecule has 0 N–H and O–H groups in total. The highest BCUT2D eigenvalue weighted by atomic mass is 32.2. The van der Waals surface area contributed by atoms with Gasteiger partial charge in [0.05, 0.1) is 28.4 Å². The second kappa shape index (κ2) is 10.1. The van der Waals surface area contributed by atoms with E-state index in [-0.39, 0.29) is 41.1 Å². The topological polar surface area (TPSA) is 76.6 Å². The Labute approximate surface area is 225 Å². The minimum absolute atomic E-state index is 0.0373. The number of carbonyl (C=O) groups is 1. The number of aldehydes is 1. The smallest absolute Gasteiger partial charge is 0.433 e. The number of aromatic nitrogens is 1. The fourth-order valence-corrected chi connectivity index (χ4v) is 6.54. The van der Waals surface area contributed by atoms with Gasteiger partial charge in [-0.05, 0) is 73.7 Å². The molecule has 212 valence electrons. The number of hydrogen-bond donors (Lipinski definition) is 0. The van der Waals surface area contributed by atoms with Crippen molar-refractivity contribution in [2.45, 2.75) is 42.6 Å². The molecule has 1 fully saturated rings. The van der Waals surface area contributed by atoms with Gasteiger partial charge in [0, 0.05) is 11.5 Å². The van der Waals surface area contributed by atoms with Crippen LogP contribution in [0.15, 0.2) is 65.6 Å². The standard InChI is InChI=1S/C27H22F6N2O4S/c28-26(29,30)19-3-1-4-21(13-19)40(37,38)35-14-20(11-16-9-17(10-16)15-36)39-24-8-7-18(12-23(24)35)22-5-2-6-25(34-22)27(31,32)33/h1-8,12-13,15-17,20H,9-11,14H2/t16?,17?,20-/m0/s1. The Bertz CT molecular complexity index is 1530. The van der Waals surface area contributed by atoms with Crippen LogP contribution in [0.5, 0.6) is 5.75 Å². The van der Waals surface area contributed by atoms with Gasteiger partial charge in [-0.1, -0.05) is 12.1 Å². The van der Waals surface area contributed by atoms with Crippen LogP contribution in [0, 0.1) is 11.8 Å². The zero-order valence-electron chi connectivity index (χ0n) is 20.6. The molecule has 0 bridgehead atoms. The van der Waals surface area contributed by atoms with E-state index in [9.17, 15) is 39.6 Å². The van der Waals surface area contributed by atoms with Crippen LogP contribution in [0.1, 0.15) is 30.5 Å². The molecule has 0 unspecified atom stereocenters. The van der Waals surface area contributed by atoms with Crippen molar-refractivity contribution in [3.63, 3.8) is 0 Å². The van der Waals surface area contributed by atoms with E-state index in [0.717, 1.165) is 34.9 Å². The van der Waals surface area contributed by atoms with E-state index in [0.29, 0.717) is 25.3 Å². The molecule has 1 aliphatic carbocycles. The molecule has 2 aliphatic rings. The van der Waals surface area contributed by atoms with Crippen molar-refractivity contribution >= 4 is 22.0 Å². The van der Waals surface area contributed by atoms with Crippen molar-refractivity contribution in [3.05, 3.63) is 71.9 Å². The summed E-state index contributed by atoms with van der Waals surface area (Å²) in [5.74, 6) is 0.135. The lowest BCUT2D eigenvalue weighted by Crippen LogP contribution is -2.45. The maximum atomic E-state index is 13.8. The molecule has 0 amide bonds. The molecule has 0 radical (unpaired) electrons. The van der Waals surface area contributed by atoms with Crippen molar-refractivity contribution in [2.24, 2.45) is 11.8 Å². The van der Waals surface area contributed by atoms with Gasteiger partial charge in [-0.2, -0.15) is 26.3 Å². The molecule has 1 atom stereocenters. The second-order valence-corrected chi connectivity index (χ2v) is 11.7. The highest BCUT2D eigenvalue weighted by Gasteiger charge is 2.40. The fourth-order valence-electron chi connectivity index (χ4n) is 5.00. The van der Waals surface area contributed by atoms with E-state index < -0.39 is 44.6 Å². The predicted octanol–water partition coefficient (Wildman–Crippen LogP) is 6.36. The molecule has 2 aromatic carbocycles. The van der Waals surface area contributed by atoms with Crippen LogP contribution in [0.2, 0.25) is 0 Å². The summed E-state index contributed by atoms with van der Waals surface area (Å²) in [7, 11) is -4.56. The second-order valence-electron chi connectivity index (χ2n) is 9.86. The van der Waals surface area contributed by atoms with E-state index in [2.05, 4.69) is 4.98 Å². The Kier molecular flexibility index (Phi) is 7.05. The molecular formula is C27H22F6N2O4S. The highest BCUT2D eigenvalue weighted by molar-refractivity contribution is 7.92. The van der Waals surface area contributed by atoms with Gasteiger partial charge in [0.25, 0.3) is 10.0 Å². The van der Waals surface area contributed by atoms with Crippen molar-refractivity contribution in [1.29, 1.82) is 0 Å². The average Bonchev–Trinajstić information content (AvgIpc) is 2.89. The maximum absolute atomic E-state index is 13.8. The lowest BCUT2D eigenvalue weighted by atomic mass is 9.73. The van der Waals surface area contributed by atoms with Gasteiger partial charge < -0.3 is 9.53 Å². The fraction of sp³-hybridized carbons (Fsp3) is 0.333. The van der Waals surface area contributed by atoms with E-state index in [1.807, 2.05) is 0 Å². The number of rotatable bonds is 6. The van der Waals surface area contributed by atoms with Crippen molar-refractivity contribution in [1.82, 2.24) is 4.98 Å². The molecule has 13 heteroatoms. The number of halogens is 6. The first-order chi connectivity index (χ1) is 18.8. The van der Waals surface area contributed by atoms with Crippen LogP contribution >= 0.6 is 0 Å². The molecule has 0 spiro atoms. The minimum atomic E-state index is -4.78. The third-order valence-electron chi connectivity index (χ3n) is 7.04. The summed E-state index contributed by atoms with van der Waals surface area (Å²) in [6.45, 7) is -0.243.